The number of imidazole rings is 1. The second kappa shape index (κ2) is 15.4. The molecule has 5 nitrogen and oxygen atoms in total. The average molecular weight is 971 g/mol. The number of hydrogen-bond donors (Lipinski definition) is 0. The number of fused-ring (bicyclic) bond motifs is 4. The van der Waals surface area contributed by atoms with Gasteiger partial charge in [0.15, 0.2) is 0 Å². The van der Waals surface area contributed by atoms with Crippen LogP contribution in [-0.2, 0) is 37.3 Å². The molecule has 0 unspecified atom stereocenters. The molecule has 0 aliphatic rings. The summed E-state index contributed by atoms with van der Waals surface area (Å²) in [6, 6.07) is 39.8. The predicted octanol–water partition coefficient (Wildman–Crippen LogP) is 13.1. The second-order valence-corrected chi connectivity index (χ2v) is 18.3. The van der Waals surface area contributed by atoms with Gasteiger partial charge >= 0.3 is 0 Å². The molecule has 0 radical (unpaired) electrons. The van der Waals surface area contributed by atoms with E-state index in [0.29, 0.717) is 28.4 Å². The van der Waals surface area contributed by atoms with Gasteiger partial charge in [0.1, 0.15) is 5.82 Å². The van der Waals surface area contributed by atoms with Crippen LogP contribution in [0.5, 0.6) is 11.5 Å². The first-order valence-corrected chi connectivity index (χ1v) is 20.1. The number of para-hydroxylation sites is 2. The minimum absolute atomic E-state index is 0. The SMILES string of the molecule is [2H]c1c([2H])c([2H])c(-c2cccc(C(C)(C)C)c2-[n+]2[c-]n(-c3[c-]c(Oc4[c-]c5c(cc4)c4ccccc4n5-c4cc(C(C)(C)C)ccn4)ccc3)c3ccc(C(C)(C)C)cc32)c([2H])c1[2H].[Pt]. The topological polar surface area (TPSA) is 35.9 Å². The van der Waals surface area contributed by atoms with Gasteiger partial charge in [0.25, 0.3) is 6.33 Å². The zero-order valence-corrected chi connectivity index (χ0v) is 37.7. The third-order valence-electron chi connectivity index (χ3n) is 11.0. The smallest absolute Gasteiger partial charge is 0.268 e. The first kappa shape index (κ1) is 35.0. The van der Waals surface area contributed by atoms with Gasteiger partial charge in [-0.1, -0.05) is 147 Å². The molecule has 3 heterocycles. The fourth-order valence-corrected chi connectivity index (χ4v) is 7.82. The van der Waals surface area contributed by atoms with Gasteiger partial charge in [-0.2, -0.15) is 18.2 Å². The molecule has 3 aromatic heterocycles. The number of rotatable bonds is 6. The minimum Gasteiger partial charge on any atom is -0.510 e. The van der Waals surface area contributed by atoms with E-state index in [2.05, 4.69) is 134 Å². The monoisotopic (exact) mass is 970 g/mol. The minimum atomic E-state index is -0.432. The fraction of sp³-hybridized carbons (Fsp3) is 0.222. The van der Waals surface area contributed by atoms with Crippen molar-refractivity contribution in [3.63, 3.8) is 0 Å². The number of pyridine rings is 1. The van der Waals surface area contributed by atoms with Gasteiger partial charge in [-0.3, -0.25) is 4.57 Å². The number of nitrogens with zero attached hydrogens (tertiary/aromatic N) is 4. The van der Waals surface area contributed by atoms with Crippen molar-refractivity contribution in [2.24, 2.45) is 0 Å². The van der Waals surface area contributed by atoms with Crippen LogP contribution in [0.2, 0.25) is 0 Å². The average Bonchev–Trinajstić information content (AvgIpc) is 3.80. The van der Waals surface area contributed by atoms with E-state index in [9.17, 15) is 0 Å². The third kappa shape index (κ3) is 7.50. The molecule has 0 aliphatic heterocycles. The Bertz CT molecular complexity index is 3300. The third-order valence-corrected chi connectivity index (χ3v) is 11.0. The summed E-state index contributed by atoms with van der Waals surface area (Å²) in [4.78, 5) is 4.83. The van der Waals surface area contributed by atoms with Gasteiger partial charge in [0.05, 0.1) is 23.6 Å². The van der Waals surface area contributed by atoms with Gasteiger partial charge in [0.2, 0.25) is 0 Å². The van der Waals surface area contributed by atoms with Gasteiger partial charge in [0, 0.05) is 44.3 Å². The van der Waals surface area contributed by atoms with Crippen LogP contribution >= 0.6 is 0 Å². The quantitative estimate of drug-likeness (QED) is 0.123. The summed E-state index contributed by atoms with van der Waals surface area (Å²) in [6.45, 7) is 19.4. The van der Waals surface area contributed by atoms with Crippen molar-refractivity contribution in [1.82, 2.24) is 14.1 Å². The van der Waals surface area contributed by atoms with E-state index >= 15 is 0 Å². The van der Waals surface area contributed by atoms with Crippen molar-refractivity contribution in [2.45, 2.75) is 78.6 Å². The molecule has 0 atom stereocenters. The first-order valence-electron chi connectivity index (χ1n) is 22.6. The first-order chi connectivity index (χ1) is 30.2. The van der Waals surface area contributed by atoms with E-state index < -0.39 is 11.5 Å². The summed E-state index contributed by atoms with van der Waals surface area (Å²) in [6.07, 6.45) is 5.52. The van der Waals surface area contributed by atoms with Crippen LogP contribution in [0, 0.1) is 18.5 Å². The number of ether oxygens (including phenoxy) is 1. The Morgan fingerprint density at radius 3 is 2.12 bits per heavy atom. The van der Waals surface area contributed by atoms with Crippen molar-refractivity contribution < 1.29 is 37.2 Å². The molecule has 6 heteroatoms. The van der Waals surface area contributed by atoms with E-state index in [1.165, 1.54) is 5.56 Å². The van der Waals surface area contributed by atoms with Crippen LogP contribution in [0.4, 0.5) is 0 Å². The van der Waals surface area contributed by atoms with Crippen LogP contribution in [-0.4, -0.2) is 14.1 Å². The molecule has 0 bridgehead atoms. The van der Waals surface area contributed by atoms with Gasteiger partial charge in [-0.25, -0.2) is 4.98 Å². The standard InChI is InChI=1S/C54H50N4O.Pt/c1-52(2,3)37-25-28-47-49(31-37)57(51-42(36-17-11-10-12-18-36)22-16-23-45(51)54(7,8)9)35-56(47)39-19-15-20-40(33-39)59-41-26-27-44-43-21-13-14-24-46(43)58(48(44)34-41)50-32-38(29-30-55-50)53(4,5)6;/h10-32H,1-9H3;/q-2;/i10D,11D,12D,17D,18D;. The summed E-state index contributed by atoms with van der Waals surface area (Å²) in [5.74, 6) is 1.80. The molecule has 9 rings (SSSR count). The Hall–Kier alpha value is -5.77. The zero-order chi connectivity index (χ0) is 45.6. The van der Waals surface area contributed by atoms with E-state index in [-0.39, 0.29) is 61.6 Å². The molecule has 0 spiro atoms. The maximum Gasteiger partial charge on any atom is 0.268 e. The van der Waals surface area contributed by atoms with E-state index in [4.69, 9.17) is 16.6 Å². The Labute approximate surface area is 375 Å². The maximum atomic E-state index is 9.03. The van der Waals surface area contributed by atoms with Crippen molar-refractivity contribution in [3.8, 4) is 39.8 Å². The fourth-order valence-electron chi connectivity index (χ4n) is 7.82. The van der Waals surface area contributed by atoms with Crippen molar-refractivity contribution in [2.75, 3.05) is 0 Å². The molecule has 304 valence electrons. The van der Waals surface area contributed by atoms with Crippen molar-refractivity contribution >= 4 is 32.8 Å². The Balaban J connectivity index is 0.00000576. The molecule has 0 saturated heterocycles. The summed E-state index contributed by atoms with van der Waals surface area (Å²) in [5, 5.41) is 2.13. The van der Waals surface area contributed by atoms with Crippen molar-refractivity contribution in [3.05, 3.63) is 175 Å². The molecule has 60 heavy (non-hydrogen) atoms. The van der Waals surface area contributed by atoms with Crippen LogP contribution in [0.15, 0.2) is 140 Å². The zero-order valence-electron chi connectivity index (χ0n) is 40.4. The molecule has 0 N–H and O–H groups in total. The predicted molar refractivity (Wildman–Crippen MR) is 242 cm³/mol. The number of aromatic nitrogens is 4. The molecule has 0 saturated carbocycles. The Morgan fingerprint density at radius 2 is 1.37 bits per heavy atom. The Kier molecular flexibility index (Phi) is 8.97. The normalized spacial score (nSPS) is 13.4. The van der Waals surface area contributed by atoms with E-state index in [0.717, 1.165) is 49.8 Å². The summed E-state index contributed by atoms with van der Waals surface area (Å²) < 4.78 is 56.2. The molecular weight excluding hydrogens is 916 g/mol. The second-order valence-electron chi connectivity index (χ2n) is 18.3. The largest absolute Gasteiger partial charge is 0.510 e. The van der Waals surface area contributed by atoms with Crippen LogP contribution in [0.1, 0.15) is 85.9 Å². The van der Waals surface area contributed by atoms with Crippen LogP contribution < -0.4 is 9.30 Å². The molecule has 0 amide bonds. The summed E-state index contributed by atoms with van der Waals surface area (Å²) >= 11 is 0. The van der Waals surface area contributed by atoms with Crippen molar-refractivity contribution in [1.29, 1.82) is 0 Å². The summed E-state index contributed by atoms with van der Waals surface area (Å²) in [5.41, 5.74) is 8.05. The molecular formula is C54H50N4OPt-2. The summed E-state index contributed by atoms with van der Waals surface area (Å²) in [7, 11) is 0. The number of benzene rings is 6. The maximum absolute atomic E-state index is 9.03. The van der Waals surface area contributed by atoms with Crippen LogP contribution in [0.3, 0.4) is 0 Å². The van der Waals surface area contributed by atoms with Gasteiger partial charge in [-0.05, 0) is 79.4 Å². The van der Waals surface area contributed by atoms with E-state index in [1.807, 2.05) is 69.9 Å². The van der Waals surface area contributed by atoms with Crippen LogP contribution in [0.25, 0.3) is 61.2 Å². The van der Waals surface area contributed by atoms with E-state index in [1.54, 1.807) is 0 Å². The van der Waals surface area contributed by atoms with Gasteiger partial charge in [-0.15, -0.1) is 29.7 Å². The van der Waals surface area contributed by atoms with Gasteiger partial charge < -0.3 is 13.9 Å². The molecule has 0 fully saturated rings. The number of hydrogen-bond acceptors (Lipinski definition) is 2. The Morgan fingerprint density at radius 1 is 0.650 bits per heavy atom. The molecule has 9 aromatic rings. The molecule has 6 aromatic carbocycles. The molecule has 0 aliphatic carbocycles.